The van der Waals surface area contributed by atoms with Crippen LogP contribution in [0.5, 0.6) is 0 Å². The number of carbonyl (C=O) groups is 2. The average molecular weight is 406 g/mol. The number of carbonyl (C=O) groups excluding carboxylic acids is 2. The van der Waals surface area contributed by atoms with Crippen molar-refractivity contribution in [3.8, 4) is 0 Å². The lowest BCUT2D eigenvalue weighted by Gasteiger charge is -2.41. The van der Waals surface area contributed by atoms with E-state index in [2.05, 4.69) is 23.7 Å². The van der Waals surface area contributed by atoms with E-state index in [1.54, 1.807) is 30.1 Å². The molecule has 0 saturated carbocycles. The molecule has 1 N–H and O–H groups in total. The fourth-order valence-corrected chi connectivity index (χ4v) is 4.27. The number of nitrogens with one attached hydrogen (secondary N) is 1. The number of anilines is 1. The van der Waals surface area contributed by atoms with Crippen molar-refractivity contribution in [2.45, 2.75) is 39.7 Å². The first kappa shape index (κ1) is 20.7. The smallest absolute Gasteiger partial charge is 0.356 e. The molecule has 1 aromatic heterocycles. The highest BCUT2D eigenvalue weighted by atomic mass is 35.5. The largest absolute Gasteiger partial charge is 0.464 e. The van der Waals surface area contributed by atoms with Gasteiger partial charge in [0.15, 0.2) is 0 Å². The van der Waals surface area contributed by atoms with E-state index < -0.39 is 5.97 Å². The highest BCUT2D eigenvalue weighted by molar-refractivity contribution is 6.31. The number of H-pyrrole nitrogens is 1. The quantitative estimate of drug-likeness (QED) is 0.778. The third-order valence-corrected chi connectivity index (χ3v) is 5.86. The minimum absolute atomic E-state index is 0.0660. The summed E-state index contributed by atoms with van der Waals surface area (Å²) in [4.78, 5) is 32.5. The second-order valence-corrected chi connectivity index (χ2v) is 8.78. The number of aromatic amines is 1. The van der Waals surface area contributed by atoms with Crippen LogP contribution in [0.25, 0.3) is 10.9 Å². The molecule has 1 atom stereocenters. The first-order valence-electron chi connectivity index (χ1n) is 9.56. The second kappa shape index (κ2) is 7.76. The number of hydrogen-bond acceptors (Lipinski definition) is 4. The molecule has 1 aliphatic rings. The Labute approximate surface area is 170 Å². The number of rotatable bonds is 4. The molecule has 0 bridgehead atoms. The Balaban J connectivity index is 1.97. The molecule has 28 heavy (non-hydrogen) atoms. The summed E-state index contributed by atoms with van der Waals surface area (Å²) in [6.45, 7) is 8.17. The number of aromatic nitrogens is 1. The first-order valence-corrected chi connectivity index (χ1v) is 9.93. The summed E-state index contributed by atoms with van der Waals surface area (Å²) in [6.07, 6.45) is 2.23. The normalized spacial score (nSPS) is 18.1. The molecular weight excluding hydrogens is 378 g/mol. The number of nitrogens with zero attached hydrogens (tertiary/aromatic N) is 2. The number of halogens is 1. The van der Waals surface area contributed by atoms with Gasteiger partial charge in [0.1, 0.15) is 5.69 Å². The van der Waals surface area contributed by atoms with E-state index in [9.17, 15) is 9.59 Å². The van der Waals surface area contributed by atoms with E-state index in [1.807, 2.05) is 6.92 Å². The number of fused-ring (bicyclic) bond motifs is 1. The third kappa shape index (κ3) is 3.89. The van der Waals surface area contributed by atoms with Gasteiger partial charge in [-0.15, -0.1) is 0 Å². The van der Waals surface area contributed by atoms with Crippen molar-refractivity contribution in [3.63, 3.8) is 0 Å². The Morgan fingerprint density at radius 1 is 1.36 bits per heavy atom. The zero-order chi connectivity index (χ0) is 20.6. The van der Waals surface area contributed by atoms with Gasteiger partial charge in [0.2, 0.25) is 5.91 Å². The SMILES string of the molecule is COC(=O)c1[nH]c2ccc(Cl)cc2c1N(C)C(=O)[C@@H](C)N1CCCC(C)(C)C1. The molecule has 1 aliphatic heterocycles. The van der Waals surface area contributed by atoms with Gasteiger partial charge in [-0.2, -0.15) is 0 Å². The lowest BCUT2D eigenvalue weighted by atomic mass is 9.83. The number of methoxy groups -OCH3 is 1. The summed E-state index contributed by atoms with van der Waals surface area (Å²) < 4.78 is 4.92. The highest BCUT2D eigenvalue weighted by Gasteiger charge is 2.34. The molecule has 2 aromatic rings. The summed E-state index contributed by atoms with van der Waals surface area (Å²) >= 11 is 6.17. The molecule has 0 spiro atoms. The molecule has 1 fully saturated rings. The average Bonchev–Trinajstić information content (AvgIpc) is 3.03. The van der Waals surface area contributed by atoms with Crippen LogP contribution in [0.3, 0.4) is 0 Å². The molecular formula is C21H28ClN3O3. The topological polar surface area (TPSA) is 65.6 Å². The standard InChI is InChI=1S/C21H28ClN3O3/c1-13(25-10-6-9-21(2,3)12-25)19(26)24(4)18-15-11-14(22)7-8-16(15)23-17(18)20(27)28-5/h7-8,11,13,23H,6,9-10,12H2,1-5H3/t13-/m1/s1. The third-order valence-electron chi connectivity index (χ3n) is 5.62. The van der Waals surface area contributed by atoms with E-state index in [0.29, 0.717) is 10.7 Å². The minimum atomic E-state index is -0.520. The molecule has 1 aromatic carbocycles. The predicted octanol–water partition coefficient (Wildman–Crippen LogP) is 4.08. The number of amides is 1. The van der Waals surface area contributed by atoms with Gasteiger partial charge in [0, 0.05) is 29.5 Å². The number of likely N-dealkylation sites (N-methyl/N-ethyl adjacent to an activating group) is 1. The summed E-state index contributed by atoms with van der Waals surface area (Å²) in [5.41, 5.74) is 1.67. The Kier molecular flexibility index (Phi) is 5.73. The number of hydrogen-bond donors (Lipinski definition) is 1. The monoisotopic (exact) mass is 405 g/mol. The molecule has 1 amide bonds. The lowest BCUT2D eigenvalue weighted by Crippen LogP contribution is -2.51. The van der Waals surface area contributed by atoms with Crippen LogP contribution in [0, 0.1) is 5.41 Å². The maximum atomic E-state index is 13.3. The van der Waals surface area contributed by atoms with Crippen molar-refractivity contribution in [2.24, 2.45) is 5.41 Å². The Morgan fingerprint density at radius 2 is 2.07 bits per heavy atom. The van der Waals surface area contributed by atoms with Crippen molar-refractivity contribution in [1.29, 1.82) is 0 Å². The molecule has 0 unspecified atom stereocenters. The minimum Gasteiger partial charge on any atom is -0.464 e. The van der Waals surface area contributed by atoms with Crippen molar-refractivity contribution < 1.29 is 14.3 Å². The van der Waals surface area contributed by atoms with Gasteiger partial charge in [-0.1, -0.05) is 25.4 Å². The van der Waals surface area contributed by atoms with Crippen molar-refractivity contribution >= 4 is 40.1 Å². The number of likely N-dealkylation sites (tertiary alicyclic amines) is 1. The number of esters is 1. The molecule has 0 aliphatic carbocycles. The molecule has 2 heterocycles. The van der Waals surface area contributed by atoms with Crippen LogP contribution in [-0.4, -0.2) is 55.0 Å². The van der Waals surface area contributed by atoms with Crippen LogP contribution in [0.1, 0.15) is 44.1 Å². The van der Waals surface area contributed by atoms with Crippen LogP contribution in [-0.2, 0) is 9.53 Å². The second-order valence-electron chi connectivity index (χ2n) is 8.34. The zero-order valence-electron chi connectivity index (χ0n) is 17.1. The number of piperidine rings is 1. The van der Waals surface area contributed by atoms with E-state index in [0.717, 1.165) is 36.8 Å². The van der Waals surface area contributed by atoms with Gasteiger partial charge in [-0.3, -0.25) is 9.69 Å². The highest BCUT2D eigenvalue weighted by Crippen LogP contribution is 2.34. The summed E-state index contributed by atoms with van der Waals surface area (Å²) in [6, 6.07) is 5.00. The van der Waals surface area contributed by atoms with Crippen LogP contribution < -0.4 is 4.90 Å². The van der Waals surface area contributed by atoms with Crippen molar-refractivity contribution in [1.82, 2.24) is 9.88 Å². The Bertz CT molecular complexity index is 906. The summed E-state index contributed by atoms with van der Waals surface area (Å²) in [5, 5.41) is 1.26. The van der Waals surface area contributed by atoms with Gasteiger partial charge >= 0.3 is 5.97 Å². The maximum Gasteiger partial charge on any atom is 0.356 e. The van der Waals surface area contributed by atoms with Gasteiger partial charge in [0.25, 0.3) is 0 Å². The van der Waals surface area contributed by atoms with E-state index >= 15 is 0 Å². The first-order chi connectivity index (χ1) is 13.1. The lowest BCUT2D eigenvalue weighted by molar-refractivity contribution is -0.124. The van der Waals surface area contributed by atoms with Crippen LogP contribution >= 0.6 is 11.6 Å². The predicted molar refractivity (Wildman–Crippen MR) is 112 cm³/mol. The van der Waals surface area contributed by atoms with Gasteiger partial charge in [-0.05, 0) is 49.9 Å². The van der Waals surface area contributed by atoms with Crippen LogP contribution in [0.15, 0.2) is 18.2 Å². The molecule has 0 radical (unpaired) electrons. The van der Waals surface area contributed by atoms with E-state index in [1.165, 1.54) is 7.11 Å². The van der Waals surface area contributed by atoms with Crippen LogP contribution in [0.2, 0.25) is 5.02 Å². The van der Waals surface area contributed by atoms with Crippen molar-refractivity contribution in [3.05, 3.63) is 28.9 Å². The fraction of sp³-hybridized carbons (Fsp3) is 0.524. The van der Waals surface area contributed by atoms with Gasteiger partial charge in [-0.25, -0.2) is 4.79 Å². The molecule has 1 saturated heterocycles. The van der Waals surface area contributed by atoms with E-state index in [-0.39, 0.29) is 23.1 Å². The van der Waals surface area contributed by atoms with E-state index in [4.69, 9.17) is 16.3 Å². The van der Waals surface area contributed by atoms with Gasteiger partial charge in [0.05, 0.1) is 18.8 Å². The van der Waals surface area contributed by atoms with Crippen LogP contribution in [0.4, 0.5) is 5.69 Å². The summed E-state index contributed by atoms with van der Waals surface area (Å²) in [5.74, 6) is -0.586. The zero-order valence-corrected chi connectivity index (χ0v) is 17.9. The van der Waals surface area contributed by atoms with Crippen molar-refractivity contribution in [2.75, 3.05) is 32.1 Å². The maximum absolute atomic E-state index is 13.3. The Morgan fingerprint density at radius 3 is 2.71 bits per heavy atom. The number of ether oxygens (including phenoxy) is 1. The molecule has 152 valence electrons. The Hall–Kier alpha value is -2.05. The molecule has 3 rings (SSSR count). The molecule has 7 heteroatoms. The number of benzene rings is 1. The fourth-order valence-electron chi connectivity index (χ4n) is 4.09. The summed E-state index contributed by atoms with van der Waals surface area (Å²) in [7, 11) is 3.02. The van der Waals surface area contributed by atoms with Gasteiger partial charge < -0.3 is 14.6 Å². The molecule has 6 nitrogen and oxygen atoms in total.